The van der Waals surface area contributed by atoms with E-state index in [9.17, 15) is 9.59 Å². The molecule has 0 bridgehead atoms. The normalized spacial score (nSPS) is 11.2. The first kappa shape index (κ1) is 35.7. The van der Waals surface area contributed by atoms with Crippen LogP contribution in [0.5, 0.6) is 34.5 Å². The van der Waals surface area contributed by atoms with Gasteiger partial charge >= 0.3 is 11.6 Å². The molecule has 2 aromatic heterocycles. The zero-order chi connectivity index (χ0) is 36.9. The maximum atomic E-state index is 14.2. The minimum atomic E-state index is -0.641. The molecule has 4 aromatic carbocycles. The van der Waals surface area contributed by atoms with E-state index in [1.807, 2.05) is 68.4 Å². The number of hydrogen-bond acceptors (Lipinski definition) is 10. The van der Waals surface area contributed by atoms with Crippen LogP contribution in [-0.2, 0) is 24.3 Å². The number of ether oxygens (including phenoxy) is 7. The number of hydrogen-bond donors (Lipinski definition) is 0. The first-order valence-electron chi connectivity index (χ1n) is 16.7. The van der Waals surface area contributed by atoms with E-state index >= 15 is 0 Å². The van der Waals surface area contributed by atoms with Crippen LogP contribution in [0.3, 0.4) is 0 Å². The van der Waals surface area contributed by atoms with Crippen LogP contribution in [0.4, 0.5) is 0 Å². The summed E-state index contributed by atoms with van der Waals surface area (Å²) in [5.74, 6) is 2.30. The van der Waals surface area contributed by atoms with Crippen LogP contribution in [0.15, 0.2) is 88.1 Å². The van der Waals surface area contributed by atoms with Crippen LogP contribution in [0.1, 0.15) is 35.5 Å². The molecule has 270 valence electrons. The Kier molecular flexibility index (Phi) is 10.6. The summed E-state index contributed by atoms with van der Waals surface area (Å²) in [5.41, 5.74) is 2.87. The van der Waals surface area contributed by atoms with Crippen molar-refractivity contribution >= 4 is 27.8 Å². The largest absolute Gasteiger partial charge is 0.493 e. The summed E-state index contributed by atoms with van der Waals surface area (Å²) >= 11 is 0. The number of aryl methyl sites for hydroxylation is 2. The number of methoxy groups -OCH3 is 5. The molecule has 6 rings (SSSR count). The summed E-state index contributed by atoms with van der Waals surface area (Å²) in [6, 6.07) is 24.1. The Hall–Kier alpha value is -6.10. The molecule has 0 saturated carbocycles. The highest BCUT2D eigenvalue weighted by Gasteiger charge is 2.30. The Bertz CT molecular complexity index is 2290. The van der Waals surface area contributed by atoms with Gasteiger partial charge in [-0.05, 0) is 67.3 Å². The highest BCUT2D eigenvalue weighted by atomic mass is 16.5. The molecule has 0 aliphatic rings. The van der Waals surface area contributed by atoms with E-state index in [0.29, 0.717) is 62.8 Å². The van der Waals surface area contributed by atoms with Crippen molar-refractivity contribution in [1.29, 1.82) is 0 Å². The summed E-state index contributed by atoms with van der Waals surface area (Å²) in [5, 5.41) is 1.01. The summed E-state index contributed by atoms with van der Waals surface area (Å²) in [6.45, 7) is 4.31. The number of nitrogens with zero attached hydrogens (tertiary/aromatic N) is 1. The van der Waals surface area contributed by atoms with E-state index < -0.39 is 11.6 Å². The molecule has 0 aliphatic carbocycles. The monoisotopic (exact) mass is 707 g/mol. The second kappa shape index (κ2) is 15.4. The zero-order valence-corrected chi connectivity index (χ0v) is 30.2. The Balaban J connectivity index is 1.62. The van der Waals surface area contributed by atoms with E-state index in [2.05, 4.69) is 0 Å². The fraction of sp³-hybridized carbons (Fsp3) is 0.268. The number of benzene rings is 4. The molecule has 6 aromatic rings. The van der Waals surface area contributed by atoms with Gasteiger partial charge in [-0.25, -0.2) is 9.59 Å². The maximum absolute atomic E-state index is 14.2. The van der Waals surface area contributed by atoms with Crippen molar-refractivity contribution in [3.8, 4) is 45.6 Å². The average Bonchev–Trinajstić information content (AvgIpc) is 3.51. The smallest absolute Gasteiger partial charge is 0.361 e. The quantitative estimate of drug-likeness (QED) is 0.0819. The molecule has 0 fully saturated rings. The number of fused-ring (bicyclic) bond motifs is 3. The van der Waals surface area contributed by atoms with Crippen LogP contribution < -0.4 is 34.0 Å². The molecule has 0 aliphatic heterocycles. The van der Waals surface area contributed by atoms with Crippen molar-refractivity contribution in [3.63, 3.8) is 0 Å². The van der Waals surface area contributed by atoms with E-state index in [1.165, 1.54) is 7.11 Å². The lowest BCUT2D eigenvalue weighted by Crippen LogP contribution is -2.16. The van der Waals surface area contributed by atoms with Gasteiger partial charge in [0.1, 0.15) is 23.4 Å². The van der Waals surface area contributed by atoms with Crippen LogP contribution in [0.25, 0.3) is 33.0 Å². The standard InChI is InChI=1S/C41H41NO10/c1-24(2)51-35-20-27(14-16-30(35)46-4)36-37-28-21-33(48-6)34(50-23-26-11-9-8-10-12-26)22-31(28)52-41(44)39(37)42(38(36)40(43)49-7)18-17-25-13-15-29(45-3)32(19-25)47-5/h8-16,19-22,24H,17-18,23H2,1-7H3. The summed E-state index contributed by atoms with van der Waals surface area (Å²) < 4.78 is 47.7. The lowest BCUT2D eigenvalue weighted by atomic mass is 9.98. The average molecular weight is 708 g/mol. The van der Waals surface area contributed by atoms with Crippen LogP contribution in [0.2, 0.25) is 0 Å². The van der Waals surface area contributed by atoms with Gasteiger partial charge in [0.2, 0.25) is 0 Å². The minimum Gasteiger partial charge on any atom is -0.493 e. The van der Waals surface area contributed by atoms with Gasteiger partial charge in [0.15, 0.2) is 34.5 Å². The second-order valence-corrected chi connectivity index (χ2v) is 12.2. The third kappa shape index (κ3) is 6.94. The van der Waals surface area contributed by atoms with Gasteiger partial charge in [-0.15, -0.1) is 0 Å². The number of carbonyl (C=O) groups excluding carboxylic acids is 1. The van der Waals surface area contributed by atoms with Crippen molar-refractivity contribution < 1.29 is 42.4 Å². The Morgan fingerprint density at radius 1 is 0.731 bits per heavy atom. The Morgan fingerprint density at radius 3 is 2.08 bits per heavy atom. The van der Waals surface area contributed by atoms with Crippen molar-refractivity contribution in [1.82, 2.24) is 4.57 Å². The van der Waals surface area contributed by atoms with E-state index in [-0.39, 0.29) is 36.0 Å². The molecular weight excluding hydrogens is 666 g/mol. The van der Waals surface area contributed by atoms with Gasteiger partial charge in [-0.2, -0.15) is 0 Å². The Labute approximate surface area is 301 Å². The topological polar surface area (TPSA) is 117 Å². The molecule has 0 unspecified atom stereocenters. The van der Waals surface area contributed by atoms with Gasteiger partial charge in [0, 0.05) is 28.9 Å². The van der Waals surface area contributed by atoms with Gasteiger partial charge in [-0.1, -0.05) is 42.5 Å². The van der Waals surface area contributed by atoms with E-state index in [4.69, 9.17) is 37.6 Å². The van der Waals surface area contributed by atoms with E-state index in [0.717, 1.165) is 11.1 Å². The molecule has 11 heteroatoms. The third-order valence-corrected chi connectivity index (χ3v) is 8.70. The molecule has 0 radical (unpaired) electrons. The van der Waals surface area contributed by atoms with Gasteiger partial charge in [-0.3, -0.25) is 0 Å². The highest BCUT2D eigenvalue weighted by Crippen LogP contribution is 2.44. The predicted octanol–water partition coefficient (Wildman–Crippen LogP) is 7.84. The van der Waals surface area contributed by atoms with E-state index in [1.54, 1.807) is 57.3 Å². The SMILES string of the molecule is COC(=O)c1c(-c2ccc(OC)c(OC(C)C)c2)c2c3cc(OC)c(OCc4ccccc4)cc3oc(=O)c2n1CCc1ccc(OC)c(OC)c1. The molecule has 2 heterocycles. The minimum absolute atomic E-state index is 0.168. The lowest BCUT2D eigenvalue weighted by Gasteiger charge is -2.16. The van der Waals surface area contributed by atoms with Crippen molar-refractivity contribution in [2.45, 2.75) is 39.5 Å². The third-order valence-electron chi connectivity index (χ3n) is 8.70. The van der Waals surface area contributed by atoms with Gasteiger partial charge in [0.25, 0.3) is 0 Å². The molecule has 0 atom stereocenters. The van der Waals surface area contributed by atoms with Crippen molar-refractivity contribution in [3.05, 3.63) is 106 Å². The fourth-order valence-corrected chi connectivity index (χ4v) is 6.34. The molecule has 0 amide bonds. The molecule has 11 nitrogen and oxygen atoms in total. The van der Waals surface area contributed by atoms with Crippen LogP contribution in [0, 0.1) is 0 Å². The molecule has 0 spiro atoms. The maximum Gasteiger partial charge on any atom is 0.361 e. The number of aromatic nitrogens is 1. The zero-order valence-electron chi connectivity index (χ0n) is 30.2. The first-order chi connectivity index (χ1) is 25.2. The Morgan fingerprint density at radius 2 is 1.40 bits per heavy atom. The number of rotatable bonds is 14. The summed E-state index contributed by atoms with van der Waals surface area (Å²) in [4.78, 5) is 28.1. The molecule has 0 saturated heterocycles. The van der Waals surface area contributed by atoms with Gasteiger partial charge < -0.3 is 42.1 Å². The molecular formula is C41H41NO10. The number of esters is 1. The van der Waals surface area contributed by atoms with Crippen molar-refractivity contribution in [2.75, 3.05) is 35.5 Å². The summed E-state index contributed by atoms with van der Waals surface area (Å²) in [6.07, 6.45) is 0.254. The first-order valence-corrected chi connectivity index (χ1v) is 16.7. The highest BCUT2D eigenvalue weighted by molar-refractivity contribution is 6.18. The fourth-order valence-electron chi connectivity index (χ4n) is 6.34. The summed E-state index contributed by atoms with van der Waals surface area (Å²) in [7, 11) is 7.55. The predicted molar refractivity (Wildman–Crippen MR) is 198 cm³/mol. The molecule has 0 N–H and O–H groups in total. The van der Waals surface area contributed by atoms with Crippen LogP contribution >= 0.6 is 0 Å². The van der Waals surface area contributed by atoms with Crippen molar-refractivity contribution in [2.24, 2.45) is 0 Å². The number of carbonyl (C=O) groups is 1. The van der Waals surface area contributed by atoms with Crippen LogP contribution in [-0.4, -0.2) is 52.2 Å². The molecule has 52 heavy (non-hydrogen) atoms. The second-order valence-electron chi connectivity index (χ2n) is 12.2. The van der Waals surface area contributed by atoms with Gasteiger partial charge in [0.05, 0.1) is 41.7 Å². The lowest BCUT2D eigenvalue weighted by molar-refractivity contribution is 0.0590.